The molecule has 1 aromatic rings. The average molecular weight is 691 g/mol. The Morgan fingerprint density at radius 3 is 1.15 bits per heavy atom. The number of esters is 1. The number of likely N-dealkylation sites (N-methyl/N-ethyl adjacent to an activating group) is 1. The Kier molecular flexibility index (Phi) is 33.4. The van der Waals surface area contributed by atoms with Crippen LogP contribution >= 0.6 is 0 Å². The smallest absolute Gasteiger partial charge is 0.338 e. The van der Waals surface area contributed by atoms with Gasteiger partial charge in [-0.15, -0.1) is 0 Å². The SMILES string of the molecule is CCCCNc1ccc(C(=O)OCCOCCOCCOCCOCCOCCOCCOCCOCCOCCOCCNC)cc1. The molecule has 1 rings (SSSR count). The van der Waals surface area contributed by atoms with Crippen LogP contribution in [0.1, 0.15) is 30.1 Å². The molecule has 0 aliphatic rings. The number of benzene rings is 1. The number of nitrogens with one attached hydrogen (secondary N) is 2. The lowest BCUT2D eigenvalue weighted by molar-refractivity contribution is -0.0270. The summed E-state index contributed by atoms with van der Waals surface area (Å²) in [6.45, 7) is 14.2. The molecule has 0 heterocycles. The predicted molar refractivity (Wildman–Crippen MR) is 182 cm³/mol. The summed E-state index contributed by atoms with van der Waals surface area (Å²) in [5, 5.41) is 6.34. The molecule has 0 saturated carbocycles. The van der Waals surface area contributed by atoms with Gasteiger partial charge in [-0.1, -0.05) is 13.3 Å². The highest BCUT2D eigenvalue weighted by molar-refractivity contribution is 5.89. The second kappa shape index (κ2) is 36.3. The van der Waals surface area contributed by atoms with Crippen molar-refractivity contribution in [3.63, 3.8) is 0 Å². The van der Waals surface area contributed by atoms with Crippen molar-refractivity contribution in [3.05, 3.63) is 29.8 Å². The van der Waals surface area contributed by atoms with Gasteiger partial charge in [0.05, 0.1) is 138 Å². The molecule has 0 aliphatic carbocycles. The number of rotatable bonds is 38. The number of hydrogen-bond acceptors (Lipinski definition) is 14. The zero-order valence-corrected chi connectivity index (χ0v) is 29.4. The fourth-order valence-electron chi connectivity index (χ4n) is 3.67. The van der Waals surface area contributed by atoms with Crippen molar-refractivity contribution in [1.29, 1.82) is 0 Å². The molecule has 2 N–H and O–H groups in total. The molecule has 0 unspecified atom stereocenters. The summed E-state index contributed by atoms with van der Waals surface area (Å²) in [7, 11) is 1.89. The molecule has 14 heteroatoms. The van der Waals surface area contributed by atoms with Crippen LogP contribution in [0.5, 0.6) is 0 Å². The molecule has 0 atom stereocenters. The van der Waals surface area contributed by atoms with Gasteiger partial charge in [-0.2, -0.15) is 0 Å². The minimum Gasteiger partial charge on any atom is -0.460 e. The van der Waals surface area contributed by atoms with Gasteiger partial charge in [0.25, 0.3) is 0 Å². The molecule has 280 valence electrons. The summed E-state index contributed by atoms with van der Waals surface area (Å²) in [4.78, 5) is 12.1. The number of carbonyl (C=O) groups is 1. The molecular formula is C34H62N2O12. The van der Waals surface area contributed by atoms with E-state index in [1.807, 2.05) is 19.2 Å². The Hall–Kier alpha value is -1.95. The Morgan fingerprint density at radius 2 is 0.812 bits per heavy atom. The summed E-state index contributed by atoms with van der Waals surface area (Å²) in [6, 6.07) is 7.29. The van der Waals surface area contributed by atoms with Gasteiger partial charge in [0.2, 0.25) is 0 Å². The maximum Gasteiger partial charge on any atom is 0.338 e. The largest absolute Gasteiger partial charge is 0.460 e. The summed E-state index contributed by atoms with van der Waals surface area (Å²) in [5.74, 6) is -0.360. The van der Waals surface area contributed by atoms with Gasteiger partial charge >= 0.3 is 5.97 Å². The third kappa shape index (κ3) is 30.1. The molecule has 0 bridgehead atoms. The van der Waals surface area contributed by atoms with Gasteiger partial charge in [0, 0.05) is 18.8 Å². The van der Waals surface area contributed by atoms with E-state index in [0.717, 1.165) is 31.6 Å². The molecule has 48 heavy (non-hydrogen) atoms. The van der Waals surface area contributed by atoms with E-state index in [1.54, 1.807) is 12.1 Å². The normalized spacial score (nSPS) is 11.3. The van der Waals surface area contributed by atoms with Crippen LogP contribution in [0.3, 0.4) is 0 Å². The van der Waals surface area contributed by atoms with Crippen LogP contribution in [-0.4, -0.2) is 165 Å². The molecule has 0 saturated heterocycles. The summed E-state index contributed by atoms with van der Waals surface area (Å²) in [6.07, 6.45) is 2.24. The van der Waals surface area contributed by atoms with Crippen LogP contribution in [0.2, 0.25) is 0 Å². The Bertz CT molecular complexity index is 807. The zero-order chi connectivity index (χ0) is 34.4. The van der Waals surface area contributed by atoms with Crippen LogP contribution in [0.15, 0.2) is 24.3 Å². The van der Waals surface area contributed by atoms with Crippen molar-refractivity contribution in [1.82, 2.24) is 5.32 Å². The van der Waals surface area contributed by atoms with Crippen LogP contribution in [-0.2, 0) is 52.1 Å². The number of carbonyl (C=O) groups excluding carboxylic acids is 1. The van der Waals surface area contributed by atoms with Crippen LogP contribution in [0.25, 0.3) is 0 Å². The first kappa shape index (κ1) is 44.1. The minimum absolute atomic E-state index is 0.191. The molecule has 0 aliphatic heterocycles. The first-order valence-electron chi connectivity index (χ1n) is 17.2. The zero-order valence-electron chi connectivity index (χ0n) is 29.4. The summed E-state index contributed by atoms with van der Waals surface area (Å²) >= 11 is 0. The molecule has 14 nitrogen and oxygen atoms in total. The van der Waals surface area contributed by atoms with E-state index in [4.69, 9.17) is 52.1 Å². The topological polar surface area (TPSA) is 143 Å². The van der Waals surface area contributed by atoms with E-state index in [1.165, 1.54) is 0 Å². The van der Waals surface area contributed by atoms with Gasteiger partial charge in [-0.3, -0.25) is 0 Å². The highest BCUT2D eigenvalue weighted by atomic mass is 16.6. The van der Waals surface area contributed by atoms with Gasteiger partial charge in [-0.05, 0) is 37.7 Å². The monoisotopic (exact) mass is 690 g/mol. The van der Waals surface area contributed by atoms with E-state index in [-0.39, 0.29) is 12.6 Å². The van der Waals surface area contributed by atoms with Crippen molar-refractivity contribution < 1.29 is 56.9 Å². The van der Waals surface area contributed by atoms with Gasteiger partial charge in [0.1, 0.15) is 6.61 Å². The summed E-state index contributed by atoms with van der Waals surface area (Å²) < 4.78 is 59.8. The molecule has 0 fully saturated rings. The standard InChI is InChI=1S/C34H62N2O12/c1-3-4-9-36-33-7-5-32(6-8-33)34(37)48-31-30-47-29-28-46-27-26-45-25-24-44-23-22-43-21-20-42-19-18-41-17-16-40-15-14-39-13-12-38-11-10-35-2/h5-8,35-36H,3-4,9-31H2,1-2H3. The fraction of sp³-hybridized carbons (Fsp3) is 0.794. The number of hydrogen-bond donors (Lipinski definition) is 2. The van der Waals surface area contributed by atoms with Gasteiger partial charge in [0.15, 0.2) is 0 Å². The second-order valence-electron chi connectivity index (χ2n) is 10.2. The molecule has 1 aromatic carbocycles. The molecule has 0 amide bonds. The van der Waals surface area contributed by atoms with Crippen molar-refractivity contribution in [3.8, 4) is 0 Å². The average Bonchev–Trinajstić information content (AvgIpc) is 3.10. The van der Waals surface area contributed by atoms with Crippen molar-refractivity contribution in [2.75, 3.05) is 164 Å². The predicted octanol–water partition coefficient (Wildman–Crippen LogP) is 2.44. The van der Waals surface area contributed by atoms with Crippen LogP contribution < -0.4 is 10.6 Å². The Labute approximate surface area is 287 Å². The molecular weight excluding hydrogens is 628 g/mol. The number of unbranched alkanes of at least 4 members (excludes halogenated alkanes) is 1. The van der Waals surface area contributed by atoms with E-state index in [2.05, 4.69) is 17.6 Å². The van der Waals surface area contributed by atoms with Crippen molar-refractivity contribution >= 4 is 11.7 Å². The first-order valence-corrected chi connectivity index (χ1v) is 17.2. The van der Waals surface area contributed by atoms with E-state index in [9.17, 15) is 4.79 Å². The molecule has 0 aromatic heterocycles. The van der Waals surface area contributed by atoms with Crippen molar-refractivity contribution in [2.24, 2.45) is 0 Å². The van der Waals surface area contributed by atoms with E-state index in [0.29, 0.717) is 138 Å². The maximum absolute atomic E-state index is 12.1. The lowest BCUT2D eigenvalue weighted by Crippen LogP contribution is -2.17. The lowest BCUT2D eigenvalue weighted by atomic mass is 10.2. The highest BCUT2D eigenvalue weighted by Crippen LogP contribution is 2.10. The number of anilines is 1. The quantitative estimate of drug-likeness (QED) is 0.0775. The number of ether oxygens (including phenoxy) is 11. The first-order chi connectivity index (χ1) is 23.8. The Balaban J connectivity index is 1.70. The third-order valence-electron chi connectivity index (χ3n) is 6.29. The second-order valence-corrected chi connectivity index (χ2v) is 10.2. The van der Waals surface area contributed by atoms with E-state index >= 15 is 0 Å². The highest BCUT2D eigenvalue weighted by Gasteiger charge is 2.06. The van der Waals surface area contributed by atoms with Gasteiger partial charge < -0.3 is 62.7 Å². The molecule has 0 spiro atoms. The summed E-state index contributed by atoms with van der Waals surface area (Å²) in [5.41, 5.74) is 1.52. The minimum atomic E-state index is -0.360. The van der Waals surface area contributed by atoms with E-state index < -0.39 is 0 Å². The Morgan fingerprint density at radius 1 is 0.479 bits per heavy atom. The fourth-order valence-corrected chi connectivity index (χ4v) is 3.67. The third-order valence-corrected chi connectivity index (χ3v) is 6.29. The van der Waals surface area contributed by atoms with Crippen molar-refractivity contribution in [2.45, 2.75) is 19.8 Å². The molecule has 0 radical (unpaired) electrons. The van der Waals surface area contributed by atoms with Crippen LogP contribution in [0.4, 0.5) is 5.69 Å². The van der Waals surface area contributed by atoms with Gasteiger partial charge in [-0.25, -0.2) is 4.79 Å². The van der Waals surface area contributed by atoms with Crippen LogP contribution in [0, 0.1) is 0 Å². The lowest BCUT2D eigenvalue weighted by Gasteiger charge is -2.09. The maximum atomic E-state index is 12.1.